The molecule has 1 amide bonds. The van der Waals surface area contributed by atoms with E-state index in [9.17, 15) is 4.79 Å². The van der Waals surface area contributed by atoms with Crippen molar-refractivity contribution in [2.75, 3.05) is 26.2 Å². The molecule has 0 bridgehead atoms. The number of nitrogens with zero attached hydrogens (tertiary/aromatic N) is 4. The first-order chi connectivity index (χ1) is 13.2. The molecule has 0 spiro atoms. The second-order valence-corrected chi connectivity index (χ2v) is 7.78. The molecule has 1 saturated carbocycles. The molecule has 3 rings (SSSR count). The summed E-state index contributed by atoms with van der Waals surface area (Å²) in [7, 11) is 1.93. The maximum atomic E-state index is 12.7. The van der Waals surface area contributed by atoms with Crippen LogP contribution < -0.4 is 10.6 Å². The number of aliphatic imine (C=N–C) groups is 1. The molecule has 2 fully saturated rings. The molecule has 2 aliphatic rings. The lowest BCUT2D eigenvalue weighted by molar-refractivity contribution is -0.135. The molecule has 1 saturated heterocycles. The average molecular weight is 502 g/mol. The summed E-state index contributed by atoms with van der Waals surface area (Å²) in [6.45, 7) is 5.28. The summed E-state index contributed by atoms with van der Waals surface area (Å²) in [6.07, 6.45) is 11.6. The van der Waals surface area contributed by atoms with Gasteiger partial charge in [-0.05, 0) is 38.2 Å². The molecule has 0 aromatic carbocycles. The van der Waals surface area contributed by atoms with E-state index in [1.54, 1.807) is 0 Å². The number of carbonyl (C=O) groups excluding carboxylic acids is 1. The van der Waals surface area contributed by atoms with Gasteiger partial charge in [0, 0.05) is 51.4 Å². The predicted molar refractivity (Wildman–Crippen MR) is 123 cm³/mol. The number of nitrogens with one attached hydrogen (secondary N) is 2. The molecule has 1 aliphatic carbocycles. The Kier molecular flexibility index (Phi) is 9.53. The minimum Gasteiger partial charge on any atom is -0.357 e. The van der Waals surface area contributed by atoms with E-state index in [-0.39, 0.29) is 35.9 Å². The Morgan fingerprint density at radius 2 is 2.07 bits per heavy atom. The topological polar surface area (TPSA) is 74.6 Å². The van der Waals surface area contributed by atoms with Crippen LogP contribution in [0.2, 0.25) is 0 Å². The molecule has 8 heteroatoms. The summed E-state index contributed by atoms with van der Waals surface area (Å²) in [4.78, 5) is 19.5. The predicted octanol–water partition coefficient (Wildman–Crippen LogP) is 2.32. The fraction of sp³-hybridized carbons (Fsp3) is 0.750. The van der Waals surface area contributed by atoms with Gasteiger partial charge in [-0.25, -0.2) is 0 Å². The molecular weight excluding hydrogens is 467 g/mol. The van der Waals surface area contributed by atoms with Gasteiger partial charge in [0.05, 0.1) is 6.20 Å². The number of rotatable bonds is 6. The third-order valence-corrected chi connectivity index (χ3v) is 5.57. The number of aryl methyl sites for hydroxylation is 1. The summed E-state index contributed by atoms with van der Waals surface area (Å²) in [5.74, 6) is 1.48. The smallest absolute Gasteiger partial charge is 0.225 e. The van der Waals surface area contributed by atoms with Crippen molar-refractivity contribution in [3.63, 3.8) is 0 Å². The van der Waals surface area contributed by atoms with Crippen LogP contribution in [0, 0.1) is 5.92 Å². The molecule has 1 unspecified atom stereocenters. The molecule has 1 aromatic heterocycles. The highest BCUT2D eigenvalue weighted by Gasteiger charge is 2.31. The summed E-state index contributed by atoms with van der Waals surface area (Å²) >= 11 is 0. The van der Waals surface area contributed by atoms with E-state index in [1.807, 2.05) is 24.1 Å². The fourth-order valence-corrected chi connectivity index (χ4v) is 4.10. The van der Waals surface area contributed by atoms with E-state index in [2.05, 4.69) is 27.6 Å². The van der Waals surface area contributed by atoms with Gasteiger partial charge >= 0.3 is 0 Å². The number of hydrogen-bond acceptors (Lipinski definition) is 3. The van der Waals surface area contributed by atoms with Crippen molar-refractivity contribution < 1.29 is 4.79 Å². The molecule has 2 N–H and O–H groups in total. The van der Waals surface area contributed by atoms with Gasteiger partial charge in [0.25, 0.3) is 0 Å². The zero-order valence-electron chi connectivity index (χ0n) is 17.2. The van der Waals surface area contributed by atoms with Crippen LogP contribution in [0.15, 0.2) is 17.4 Å². The van der Waals surface area contributed by atoms with Gasteiger partial charge in [0.15, 0.2) is 5.96 Å². The van der Waals surface area contributed by atoms with E-state index in [0.29, 0.717) is 5.91 Å². The number of amides is 1. The summed E-state index contributed by atoms with van der Waals surface area (Å²) in [5.41, 5.74) is 1.20. The molecule has 158 valence electrons. The molecule has 28 heavy (non-hydrogen) atoms. The number of likely N-dealkylation sites (tertiary alicyclic amines) is 1. The summed E-state index contributed by atoms with van der Waals surface area (Å²) in [5, 5.41) is 11.0. The number of carbonyl (C=O) groups is 1. The Labute approximate surface area is 185 Å². The van der Waals surface area contributed by atoms with Gasteiger partial charge in [0.2, 0.25) is 5.91 Å². The summed E-state index contributed by atoms with van der Waals surface area (Å²) < 4.78 is 1.82. The van der Waals surface area contributed by atoms with Crippen molar-refractivity contribution >= 4 is 35.8 Å². The Morgan fingerprint density at radius 1 is 1.29 bits per heavy atom. The number of guanidine groups is 1. The number of halogens is 1. The number of aromatic nitrogens is 2. The molecule has 2 heterocycles. The van der Waals surface area contributed by atoms with Crippen LogP contribution in [0.1, 0.15) is 51.0 Å². The number of hydrogen-bond donors (Lipinski definition) is 2. The lowest BCUT2D eigenvalue weighted by Gasteiger charge is -2.26. The van der Waals surface area contributed by atoms with Crippen molar-refractivity contribution in [3.8, 4) is 0 Å². The lowest BCUT2D eigenvalue weighted by atomic mass is 9.88. The molecule has 1 aromatic rings. The van der Waals surface area contributed by atoms with E-state index in [0.717, 1.165) is 57.8 Å². The monoisotopic (exact) mass is 502 g/mol. The zero-order chi connectivity index (χ0) is 19.1. The van der Waals surface area contributed by atoms with E-state index < -0.39 is 0 Å². The van der Waals surface area contributed by atoms with Crippen LogP contribution in [0.5, 0.6) is 0 Å². The second kappa shape index (κ2) is 11.6. The van der Waals surface area contributed by atoms with Gasteiger partial charge in [-0.15, -0.1) is 24.0 Å². The second-order valence-electron chi connectivity index (χ2n) is 7.78. The first-order valence-electron chi connectivity index (χ1n) is 10.5. The minimum atomic E-state index is 0. The van der Waals surface area contributed by atoms with E-state index in [1.165, 1.54) is 24.8 Å². The van der Waals surface area contributed by atoms with Gasteiger partial charge < -0.3 is 15.5 Å². The molecule has 1 atom stereocenters. The Balaban J connectivity index is 0.00000280. The van der Waals surface area contributed by atoms with E-state index >= 15 is 0 Å². The maximum Gasteiger partial charge on any atom is 0.225 e. The average Bonchev–Trinajstić information content (AvgIpc) is 3.31. The largest absolute Gasteiger partial charge is 0.357 e. The third kappa shape index (κ3) is 6.63. The van der Waals surface area contributed by atoms with Gasteiger partial charge in [-0.2, -0.15) is 5.10 Å². The molecule has 7 nitrogen and oxygen atoms in total. The van der Waals surface area contributed by atoms with Gasteiger partial charge in [0.1, 0.15) is 0 Å². The molecule has 1 aliphatic heterocycles. The maximum absolute atomic E-state index is 12.7. The fourth-order valence-electron chi connectivity index (χ4n) is 4.10. The highest BCUT2D eigenvalue weighted by Crippen LogP contribution is 2.26. The Hall–Kier alpha value is -1.32. The van der Waals surface area contributed by atoms with Crippen molar-refractivity contribution in [1.29, 1.82) is 0 Å². The highest BCUT2D eigenvalue weighted by molar-refractivity contribution is 14.0. The highest BCUT2D eigenvalue weighted by atomic mass is 127. The minimum absolute atomic E-state index is 0. The third-order valence-electron chi connectivity index (χ3n) is 5.57. The zero-order valence-corrected chi connectivity index (χ0v) is 19.5. The standard InChI is InChI=1S/C20H34N6O.HI/c1-3-21-20(22-11-9-16-13-23-25(2)14-16)24-18-10-12-26(15-18)19(27)17-7-5-4-6-8-17;/h13-14,17-18H,3-12,15H2,1-2H3,(H2,21,22,24);1H. The quantitative estimate of drug-likeness (QED) is 0.356. The van der Waals surface area contributed by atoms with E-state index in [4.69, 9.17) is 4.99 Å². The molecule has 0 radical (unpaired) electrons. The van der Waals surface area contributed by atoms with Crippen LogP contribution in [-0.2, 0) is 18.3 Å². The SMILES string of the molecule is CCNC(=NCCc1cnn(C)c1)NC1CCN(C(=O)C2CCCCC2)C1.I. The molecular formula is C20H35IN6O. The first-order valence-corrected chi connectivity index (χ1v) is 10.5. The lowest BCUT2D eigenvalue weighted by Crippen LogP contribution is -2.45. The van der Waals surface area contributed by atoms with Crippen LogP contribution in [0.25, 0.3) is 0 Å². The Bertz CT molecular complexity index is 640. The first kappa shape index (κ1) is 23.0. The normalized spacial score (nSPS) is 20.7. The van der Waals surface area contributed by atoms with Crippen molar-refractivity contribution in [3.05, 3.63) is 18.0 Å². The van der Waals surface area contributed by atoms with Crippen molar-refractivity contribution in [1.82, 2.24) is 25.3 Å². The van der Waals surface area contributed by atoms with Gasteiger partial charge in [-0.3, -0.25) is 14.5 Å². The Morgan fingerprint density at radius 3 is 2.75 bits per heavy atom. The van der Waals surface area contributed by atoms with Crippen LogP contribution in [0.3, 0.4) is 0 Å². The van der Waals surface area contributed by atoms with Crippen molar-refractivity contribution in [2.45, 2.75) is 57.9 Å². The van der Waals surface area contributed by atoms with Crippen LogP contribution in [-0.4, -0.2) is 58.8 Å². The van der Waals surface area contributed by atoms with Crippen molar-refractivity contribution in [2.24, 2.45) is 18.0 Å². The van der Waals surface area contributed by atoms with Gasteiger partial charge in [-0.1, -0.05) is 19.3 Å². The summed E-state index contributed by atoms with van der Waals surface area (Å²) in [6, 6.07) is 0.286. The van der Waals surface area contributed by atoms with Crippen LogP contribution >= 0.6 is 24.0 Å². The van der Waals surface area contributed by atoms with Crippen LogP contribution in [0.4, 0.5) is 0 Å².